The standard InChI is InChI=1S/C10H9ClO3.K.H2O/c11-8-3-1-7(2-4-8)9(12)5-6-10(13)14;;/h1-4H,5-6H2,(H,13,14);;1H2/q;+1;/p-1. The molecule has 0 amide bonds. The Morgan fingerprint density at radius 3 is 2.06 bits per heavy atom. The van der Waals surface area contributed by atoms with Gasteiger partial charge in [0, 0.05) is 17.0 Å². The molecular weight excluding hydrogens is 259 g/mol. The molecular formula is C10H10ClKO4. The Hall–Kier alpha value is 0.246. The van der Waals surface area contributed by atoms with Crippen molar-refractivity contribution in [3.8, 4) is 0 Å². The van der Waals surface area contributed by atoms with Gasteiger partial charge in [-0.1, -0.05) is 11.6 Å². The molecule has 1 rings (SSSR count). The third kappa shape index (κ3) is 6.75. The van der Waals surface area contributed by atoms with E-state index in [1.165, 1.54) is 0 Å². The van der Waals surface area contributed by atoms with Gasteiger partial charge in [0.1, 0.15) is 0 Å². The number of carbonyl (C=O) groups excluding carboxylic acids is 1. The van der Waals surface area contributed by atoms with Crippen molar-refractivity contribution in [2.75, 3.05) is 0 Å². The Labute approximate surface area is 141 Å². The molecule has 0 aliphatic rings. The number of Topliss-reactive ketones (excluding diaryl/α,β-unsaturated/α-hetero) is 1. The van der Waals surface area contributed by atoms with Crippen molar-refractivity contribution in [2.24, 2.45) is 0 Å². The van der Waals surface area contributed by atoms with Crippen LogP contribution in [0.4, 0.5) is 0 Å². The Morgan fingerprint density at radius 1 is 1.12 bits per heavy atom. The van der Waals surface area contributed by atoms with Crippen molar-refractivity contribution < 1.29 is 71.6 Å². The number of rotatable bonds is 4. The summed E-state index contributed by atoms with van der Waals surface area (Å²) >= 11 is 5.64. The van der Waals surface area contributed by atoms with E-state index in [4.69, 9.17) is 16.7 Å². The number of hydrogen-bond acceptors (Lipinski definition) is 3. The molecule has 0 saturated heterocycles. The molecule has 0 spiro atoms. The normalized spacial score (nSPS) is 8.56. The summed E-state index contributed by atoms with van der Waals surface area (Å²) in [5.74, 6) is -1.14. The van der Waals surface area contributed by atoms with Gasteiger partial charge in [-0.25, -0.2) is 0 Å². The summed E-state index contributed by atoms with van der Waals surface area (Å²) < 4.78 is 0. The monoisotopic (exact) mass is 268 g/mol. The molecule has 0 aliphatic heterocycles. The molecule has 4 nitrogen and oxygen atoms in total. The Bertz CT molecular complexity index is 350. The van der Waals surface area contributed by atoms with Crippen molar-refractivity contribution in [1.29, 1.82) is 0 Å². The van der Waals surface area contributed by atoms with Crippen LogP contribution in [-0.4, -0.2) is 22.3 Å². The minimum absolute atomic E-state index is 0. The second-order valence-electron chi connectivity index (χ2n) is 2.82. The Morgan fingerprint density at radius 2 is 1.62 bits per heavy atom. The first-order chi connectivity index (χ1) is 6.59. The van der Waals surface area contributed by atoms with Crippen LogP contribution in [0.2, 0.25) is 5.02 Å². The number of carboxylic acid groups (broad SMARTS) is 1. The summed E-state index contributed by atoms with van der Waals surface area (Å²) in [6.45, 7) is 0. The van der Waals surface area contributed by atoms with Crippen molar-refractivity contribution >= 4 is 23.4 Å². The van der Waals surface area contributed by atoms with Gasteiger partial charge >= 0.3 is 57.4 Å². The van der Waals surface area contributed by atoms with Crippen LogP contribution in [0.5, 0.6) is 0 Å². The SMILES string of the molecule is O=C(O)CCC(=O)c1ccc(Cl)cc1.[K+].[OH-]. The van der Waals surface area contributed by atoms with Crippen molar-refractivity contribution in [2.45, 2.75) is 12.8 Å². The van der Waals surface area contributed by atoms with E-state index in [0.717, 1.165) is 0 Å². The maximum atomic E-state index is 11.4. The first-order valence-corrected chi connectivity index (χ1v) is 4.48. The molecule has 0 fully saturated rings. The van der Waals surface area contributed by atoms with Gasteiger partial charge in [-0.2, -0.15) is 0 Å². The number of benzene rings is 1. The molecule has 0 saturated carbocycles. The van der Waals surface area contributed by atoms with Crippen LogP contribution in [0, 0.1) is 0 Å². The van der Waals surface area contributed by atoms with Crippen LogP contribution in [0.15, 0.2) is 24.3 Å². The second kappa shape index (κ2) is 9.29. The zero-order valence-electron chi connectivity index (χ0n) is 8.81. The van der Waals surface area contributed by atoms with Gasteiger partial charge in [0.15, 0.2) is 5.78 Å². The fraction of sp³-hybridized carbons (Fsp3) is 0.200. The van der Waals surface area contributed by atoms with E-state index in [9.17, 15) is 9.59 Å². The summed E-state index contributed by atoms with van der Waals surface area (Å²) in [5, 5.41) is 8.94. The van der Waals surface area contributed by atoms with E-state index < -0.39 is 5.97 Å². The molecule has 0 bridgehead atoms. The molecule has 0 radical (unpaired) electrons. The summed E-state index contributed by atoms with van der Waals surface area (Å²) in [6, 6.07) is 6.39. The third-order valence-electron chi connectivity index (χ3n) is 1.73. The van der Waals surface area contributed by atoms with Gasteiger partial charge in [0.25, 0.3) is 0 Å². The first kappa shape index (κ1) is 18.6. The molecule has 1 aromatic carbocycles. The van der Waals surface area contributed by atoms with E-state index in [0.29, 0.717) is 10.6 Å². The number of hydrogen-bond donors (Lipinski definition) is 1. The van der Waals surface area contributed by atoms with E-state index in [1.54, 1.807) is 24.3 Å². The fourth-order valence-corrected chi connectivity index (χ4v) is 1.13. The van der Waals surface area contributed by atoms with Gasteiger partial charge in [-0.05, 0) is 24.3 Å². The molecule has 82 valence electrons. The van der Waals surface area contributed by atoms with E-state index in [1.807, 2.05) is 0 Å². The van der Waals surface area contributed by atoms with E-state index in [2.05, 4.69) is 0 Å². The smallest absolute Gasteiger partial charge is 0.870 e. The van der Waals surface area contributed by atoms with E-state index in [-0.39, 0.29) is 75.5 Å². The summed E-state index contributed by atoms with van der Waals surface area (Å²) in [5.41, 5.74) is 0.496. The van der Waals surface area contributed by atoms with Gasteiger partial charge in [0.05, 0.1) is 6.42 Å². The van der Waals surface area contributed by atoms with Crippen molar-refractivity contribution in [3.63, 3.8) is 0 Å². The van der Waals surface area contributed by atoms with Gasteiger partial charge in [0.2, 0.25) is 0 Å². The summed E-state index contributed by atoms with van der Waals surface area (Å²) in [4.78, 5) is 21.6. The number of ketones is 1. The molecule has 0 atom stereocenters. The van der Waals surface area contributed by atoms with Gasteiger partial charge in [-0.3, -0.25) is 9.59 Å². The molecule has 0 aromatic heterocycles. The van der Waals surface area contributed by atoms with Crippen molar-refractivity contribution in [3.05, 3.63) is 34.9 Å². The zero-order valence-corrected chi connectivity index (χ0v) is 12.7. The summed E-state index contributed by atoms with van der Waals surface area (Å²) in [7, 11) is 0. The summed E-state index contributed by atoms with van der Waals surface area (Å²) in [6.07, 6.45) is -0.113. The van der Waals surface area contributed by atoms with Crippen LogP contribution in [0.25, 0.3) is 0 Å². The molecule has 0 aliphatic carbocycles. The largest absolute Gasteiger partial charge is 1.00 e. The number of carbonyl (C=O) groups is 2. The van der Waals surface area contributed by atoms with Gasteiger partial charge < -0.3 is 10.6 Å². The molecule has 0 heterocycles. The number of halogens is 1. The zero-order chi connectivity index (χ0) is 10.6. The maximum absolute atomic E-state index is 11.4. The van der Waals surface area contributed by atoms with Crippen LogP contribution < -0.4 is 51.4 Å². The molecule has 2 N–H and O–H groups in total. The van der Waals surface area contributed by atoms with Crippen molar-refractivity contribution in [1.82, 2.24) is 0 Å². The molecule has 16 heavy (non-hydrogen) atoms. The Balaban J connectivity index is 0. The molecule has 1 aromatic rings. The average Bonchev–Trinajstić information content (AvgIpc) is 2.15. The third-order valence-corrected chi connectivity index (χ3v) is 1.98. The van der Waals surface area contributed by atoms with E-state index >= 15 is 0 Å². The van der Waals surface area contributed by atoms with Crippen LogP contribution in [0.1, 0.15) is 23.2 Å². The Kier molecular flexibility index (Phi) is 10.8. The minimum atomic E-state index is -0.965. The van der Waals surface area contributed by atoms with Crippen LogP contribution >= 0.6 is 11.6 Å². The average molecular weight is 269 g/mol. The molecule has 6 heteroatoms. The first-order valence-electron chi connectivity index (χ1n) is 4.10. The quantitative estimate of drug-likeness (QED) is 0.573. The van der Waals surface area contributed by atoms with Crippen LogP contribution in [-0.2, 0) is 4.79 Å². The predicted molar refractivity (Wildman–Crippen MR) is 54.6 cm³/mol. The predicted octanol–water partition coefficient (Wildman–Crippen LogP) is -0.785. The maximum Gasteiger partial charge on any atom is 1.00 e. The fourth-order valence-electron chi connectivity index (χ4n) is 1.00. The number of aliphatic carboxylic acids is 1. The van der Waals surface area contributed by atoms with Crippen LogP contribution in [0.3, 0.4) is 0 Å². The number of carboxylic acids is 1. The topological polar surface area (TPSA) is 84.4 Å². The minimum Gasteiger partial charge on any atom is -0.870 e. The second-order valence-corrected chi connectivity index (χ2v) is 3.26. The molecule has 0 unspecified atom stereocenters. The van der Waals surface area contributed by atoms with Gasteiger partial charge in [-0.15, -0.1) is 0 Å².